The van der Waals surface area contributed by atoms with Gasteiger partial charge in [-0.3, -0.25) is 36.2 Å². The fraction of sp³-hybridized carbons (Fsp3) is 0.165. The van der Waals surface area contributed by atoms with E-state index >= 15 is 0 Å². The minimum atomic E-state index is -5.09. The average molecular weight is 3010 g/mol. The topological polar surface area (TPSA) is 215 Å². The zero-order chi connectivity index (χ0) is 105. The van der Waals surface area contributed by atoms with Crippen LogP contribution in [0.5, 0.6) is 11.5 Å². The van der Waals surface area contributed by atoms with E-state index in [2.05, 4.69) is 205 Å². The van der Waals surface area contributed by atoms with Gasteiger partial charge in [-0.2, -0.15) is 66.3 Å². The average Bonchev–Trinajstić information content (AvgIpc) is 1.78. The number of rotatable bonds is 19. The van der Waals surface area contributed by atoms with E-state index in [-0.39, 0.29) is 110 Å². The zero-order valence-corrected chi connectivity index (χ0v) is 93.5. The Morgan fingerprint density at radius 3 is 1.18 bits per heavy atom. The van der Waals surface area contributed by atoms with Crippen molar-refractivity contribution >= 4 is 72.2 Å². The van der Waals surface area contributed by atoms with Gasteiger partial charge in [0.05, 0.1) is 34.3 Å². The van der Waals surface area contributed by atoms with E-state index in [4.69, 9.17) is 37.4 Å². The SMILES string of the molecule is CCO[PH+](OCC)OCC.Cc1cc(C(F)(F)F)c[c-]c1-c1ccccn1.FC(F)(F)Oc1c[c-]c(-c2ccccn2)c(OC(F)(F)F)c1.FC(F)(F)c1c[c-]c(-c2ccccn2)cc1.Fc1c[c-]c(-c2ccccn2)c(F)c1.[C-]#N.[C-]#[N+]c1c(F)c[c-]c(-c2ccccn2)c1F.[CH2-]C1CCCCC1.[Cl][Ir+2].[Ir].[Ir].[Ir].[Ir].[N-]=C=S.c1ccc([PH+](c2ccccc2)c2ccccc2)cc1.c1cnn(B(n2cccn2)n2cccn2)c1. The van der Waals surface area contributed by atoms with Crippen LogP contribution in [-0.4, -0.2) is 98.8 Å². The quantitative estimate of drug-likeness (QED) is 0.0184. The van der Waals surface area contributed by atoms with Crippen molar-refractivity contribution in [1.82, 2.24) is 54.0 Å². The van der Waals surface area contributed by atoms with E-state index < -0.39 is 93.2 Å². The second kappa shape index (κ2) is 72.2. The summed E-state index contributed by atoms with van der Waals surface area (Å²) in [4.78, 5) is 22.6. The molecule has 0 saturated heterocycles. The van der Waals surface area contributed by atoms with Crippen LogP contribution in [0.4, 0.5) is 75.9 Å². The molecule has 0 amide bonds. The molecule has 148 heavy (non-hydrogen) atoms. The largest absolute Gasteiger partial charge is 0.753 e. The van der Waals surface area contributed by atoms with Crippen LogP contribution >= 0.6 is 38.3 Å². The van der Waals surface area contributed by atoms with Crippen LogP contribution in [0.15, 0.2) is 329 Å². The summed E-state index contributed by atoms with van der Waals surface area (Å²) in [7, 11) is 2.17. The minimum Gasteiger partial charge on any atom is -0.753 e. The van der Waals surface area contributed by atoms with Crippen molar-refractivity contribution in [3.05, 3.63) is 430 Å². The maximum atomic E-state index is 13.7. The van der Waals surface area contributed by atoms with Crippen LogP contribution in [0.25, 0.3) is 66.5 Å². The van der Waals surface area contributed by atoms with Gasteiger partial charge < -0.3 is 58.6 Å². The number of aryl methyl sites for hydroxylation is 1. The number of alkyl halides is 12. The third-order valence-corrected chi connectivity index (χ3v) is 22.8. The Kier molecular flexibility index (Phi) is 64.8. The van der Waals surface area contributed by atoms with Gasteiger partial charge in [-0.1, -0.05) is 190 Å². The molecule has 1 fully saturated rings. The van der Waals surface area contributed by atoms with Crippen molar-refractivity contribution in [3.63, 3.8) is 0 Å². The number of thiocarbonyl (C=S) groups is 1. The van der Waals surface area contributed by atoms with Crippen LogP contribution in [0, 0.1) is 91.8 Å². The molecule has 1 aliphatic rings. The molecule has 4 radical (unpaired) electrons. The Labute approximate surface area is 923 Å². The van der Waals surface area contributed by atoms with Gasteiger partial charge in [0.2, 0.25) is 0 Å². The molecule has 0 spiro atoms. The van der Waals surface area contributed by atoms with Gasteiger partial charge in [-0.15, -0.1) is 127 Å². The molecular weight excluding hydrogens is 2920 g/mol. The van der Waals surface area contributed by atoms with Crippen molar-refractivity contribution in [2.24, 2.45) is 5.92 Å². The number of pyridine rings is 5. The van der Waals surface area contributed by atoms with Crippen LogP contribution < -0.4 is 25.4 Å². The first-order chi connectivity index (χ1) is 69.3. The first-order valence-electron chi connectivity index (χ1n) is 42.7. The Bertz CT molecular complexity index is 6200. The van der Waals surface area contributed by atoms with E-state index in [1.54, 1.807) is 131 Å². The summed E-state index contributed by atoms with van der Waals surface area (Å²) in [5.74, 6) is -4.11. The van der Waals surface area contributed by atoms with Crippen molar-refractivity contribution < 1.29 is 192 Å². The monoisotopic (exact) mass is 3010 g/mol. The van der Waals surface area contributed by atoms with E-state index in [0.717, 1.165) is 54.4 Å². The fourth-order valence-corrected chi connectivity index (χ4v) is 16.0. The van der Waals surface area contributed by atoms with Gasteiger partial charge in [-0.25, -0.2) is 0 Å². The number of hydrogen-bond donors (Lipinski definition) is 0. The summed E-state index contributed by atoms with van der Waals surface area (Å²) in [6.07, 6.45) is 6.65. The summed E-state index contributed by atoms with van der Waals surface area (Å²) in [6, 6.07) is 85.0. The predicted molar refractivity (Wildman–Crippen MR) is 524 cm³/mol. The number of halogens is 17. The molecule has 17 rings (SSSR count). The number of ether oxygens (including phenoxy) is 2. The molecule has 0 atom stereocenters. The maximum Gasteiger partial charge on any atom is 0.568 e. The molecule has 1 aliphatic carbocycles. The van der Waals surface area contributed by atoms with Crippen LogP contribution in [0.2, 0.25) is 0 Å². The Hall–Kier alpha value is -11.3. The van der Waals surface area contributed by atoms with Crippen molar-refractivity contribution in [3.8, 4) is 67.8 Å². The molecule has 0 unspecified atom stereocenters. The fourth-order valence-electron chi connectivity index (χ4n) is 12.4. The number of aromatic nitrogens is 11. The van der Waals surface area contributed by atoms with Crippen LogP contribution in [0.3, 0.4) is 0 Å². The van der Waals surface area contributed by atoms with E-state index in [9.17, 15) is 70.2 Å². The minimum absolute atomic E-state index is 0. The molecule has 0 bridgehead atoms. The first-order valence-corrected chi connectivity index (χ1v) is 48.8. The van der Waals surface area contributed by atoms with Gasteiger partial charge >= 0.3 is 68.3 Å². The molecule has 19 nitrogen and oxygen atoms in total. The number of hydrogen-bond acceptors (Lipinski definition) is 15. The summed E-state index contributed by atoms with van der Waals surface area (Å²) in [5.41, 5.74) is 1.66. The molecule has 1 saturated carbocycles. The molecular formula is C103H87BClF16Ir5N14O5P2S-4. The smallest absolute Gasteiger partial charge is 0.568 e. The van der Waals surface area contributed by atoms with Gasteiger partial charge in [0.15, 0.2) is 5.69 Å². The molecule has 786 valence electrons. The second-order valence-electron chi connectivity index (χ2n) is 28.4. The molecule has 8 aromatic heterocycles. The number of nitrogens with zero attached hydrogens (tertiary/aromatic N) is 14. The summed E-state index contributed by atoms with van der Waals surface area (Å²) in [6.45, 7) is 24.8. The third kappa shape index (κ3) is 47.7. The van der Waals surface area contributed by atoms with Gasteiger partial charge in [0.25, 0.3) is 0 Å². The van der Waals surface area contributed by atoms with E-state index in [1.165, 1.54) is 108 Å². The summed E-state index contributed by atoms with van der Waals surface area (Å²) < 4.78 is 229. The molecule has 0 aliphatic heterocycles. The summed E-state index contributed by atoms with van der Waals surface area (Å²) in [5, 5.41) is 31.7. The zero-order valence-electron chi connectivity index (χ0n) is 78.0. The Morgan fingerprint density at radius 2 is 0.838 bits per heavy atom. The molecule has 0 N–H and O–H groups in total. The first kappa shape index (κ1) is 133. The van der Waals surface area contributed by atoms with Crippen LogP contribution in [-0.2, 0) is 124 Å². The van der Waals surface area contributed by atoms with Crippen molar-refractivity contribution in [2.75, 3.05) is 19.8 Å². The van der Waals surface area contributed by atoms with Gasteiger partial charge in [0.1, 0.15) is 15.9 Å². The molecule has 16 aromatic rings. The Morgan fingerprint density at radius 1 is 0.466 bits per heavy atom. The number of isothiocyanates is 1. The molecule has 45 heteroatoms. The summed E-state index contributed by atoms with van der Waals surface area (Å²) >= 11 is 5.17. The van der Waals surface area contributed by atoms with Crippen LogP contribution in [0.1, 0.15) is 69.6 Å². The normalized spacial score (nSPS) is 10.9. The standard InChI is InChI=1S/C18H15P.C13H6F6NO2.C13H9F3N.C12H7F3N.C12H5F2N2.C11H6F2N.C9H9BN6.C7H13.C6H16O3P.CNS.CN.ClH.5Ir/c1-4-10-16(11-5-1)19(17-12-6-2-7-13-17)18-14-8-3-9-15-18;14-12(15,16)21-8-4-5-9(10-3-1-2-6-20-10)11(7-8)22-13(17,18)19;1-9-8-10(13(14,15)16)5-6-11(9)12-4-2-3-7-17-12;13-12(14,15)10-6-4-9(5-7-10)11-3-1-2-8-16-11;1-15-12-9(13)6-5-8(11(12)14)10-4-2-3-7-16-10;12-8-4-5-9(10(13)7-8)11-3-1-2-6-14-11;1-4-11-14(7-1)10(15-8-2-5-12-15)16-9-3-6-13-16;1-7-5-3-2-4-6-7;1-4-7-10(8-5-2)9-6-3;2-1-3;1-2;;;;;;/h1-15H;1-4,6-7H;2-5,7-8H,1H3;1-4,6-8H;2-4,6-7H;1-4,6-7H;1-9H;7H,1-6H2;10H,4-6H2,1-3H3;;;1H;;;;;/q;5*-1;;-1;+1;2*-1;;;;;;+3. The predicted octanol–water partition coefficient (Wildman–Crippen LogP) is 27.3. The van der Waals surface area contributed by atoms with Gasteiger partial charge in [-0.05, 0) is 145 Å². The van der Waals surface area contributed by atoms with Crippen molar-refractivity contribution in [2.45, 2.75) is 84.9 Å². The molecule has 8 heterocycles. The Balaban J connectivity index is 0.000000562. The molecule has 8 aromatic carbocycles. The number of benzene rings is 8. The van der Waals surface area contributed by atoms with Gasteiger partial charge in [0, 0.05) is 183 Å². The van der Waals surface area contributed by atoms with E-state index in [1.807, 2.05) is 57.6 Å². The third-order valence-electron chi connectivity index (χ3n) is 18.5. The second-order valence-corrected chi connectivity index (χ2v) is 32.5. The maximum absolute atomic E-state index is 13.7. The van der Waals surface area contributed by atoms with E-state index in [0.29, 0.717) is 65.4 Å². The van der Waals surface area contributed by atoms with Crippen molar-refractivity contribution in [1.29, 1.82) is 5.26 Å².